The maximum atomic E-state index is 13.6. The Labute approximate surface area is 471 Å². The zero-order valence-corrected chi connectivity index (χ0v) is 51.9. The molecule has 0 bridgehead atoms. The van der Waals surface area contributed by atoms with Gasteiger partial charge < -0.3 is 28.5 Å². The van der Waals surface area contributed by atoms with E-state index in [-0.39, 0.29) is 31.5 Å². The molecule has 0 aliphatic heterocycles. The molecule has 0 heterocycles. The molecule has 3 unspecified atom stereocenters. The molecule has 446 valence electrons. The van der Waals surface area contributed by atoms with Gasteiger partial charge in [0, 0.05) is 12.8 Å². The average molecular weight is 1090 g/mol. The average Bonchev–Trinajstić information content (AvgIpc) is 3.38. The Morgan fingerprint density at radius 3 is 1.22 bits per heavy atom. The van der Waals surface area contributed by atoms with E-state index < -0.39 is 20.0 Å². The summed E-state index contributed by atoms with van der Waals surface area (Å²) in [6.07, 6.45) is 69.3. The van der Waals surface area contributed by atoms with Crippen molar-refractivity contribution in [1.29, 1.82) is 0 Å². The van der Waals surface area contributed by atoms with Gasteiger partial charge in [0.25, 0.3) is 7.82 Å². The number of phosphoric ester groups is 1. The SMILES string of the molecule is CCCCC/C=C\C/C=C\C/C=C\CCCCCCCCCCCCC(=O)NC(COP(=O)([O-])OCC[N+](C)(C)C)C(/C=C\CCCCCCCCCCCCC)OC(=O)CCCCCCCCCCCCCCCC. The zero-order chi connectivity index (χ0) is 55.7. The van der Waals surface area contributed by atoms with E-state index in [9.17, 15) is 19.0 Å². The van der Waals surface area contributed by atoms with Crippen molar-refractivity contribution in [3.8, 4) is 0 Å². The van der Waals surface area contributed by atoms with Gasteiger partial charge in [-0.25, -0.2) is 0 Å². The minimum atomic E-state index is -4.70. The summed E-state index contributed by atoms with van der Waals surface area (Å²) in [5.41, 5.74) is 0. The molecule has 0 aromatic heterocycles. The van der Waals surface area contributed by atoms with E-state index in [1.807, 2.05) is 33.3 Å². The summed E-state index contributed by atoms with van der Waals surface area (Å²) in [5, 5.41) is 3.04. The molecule has 10 heteroatoms. The van der Waals surface area contributed by atoms with Crippen molar-refractivity contribution in [2.75, 3.05) is 40.9 Å². The zero-order valence-electron chi connectivity index (χ0n) is 51.0. The molecular formula is C66H125N2O7P. The number of phosphoric acid groups is 1. The van der Waals surface area contributed by atoms with E-state index in [1.165, 1.54) is 199 Å². The molecule has 0 aromatic rings. The third kappa shape index (κ3) is 56.7. The summed E-state index contributed by atoms with van der Waals surface area (Å²) < 4.78 is 30.4. The van der Waals surface area contributed by atoms with Gasteiger partial charge in [-0.1, -0.05) is 275 Å². The predicted octanol–water partition coefficient (Wildman–Crippen LogP) is 19.4. The Bertz CT molecular complexity index is 1440. The third-order valence-electron chi connectivity index (χ3n) is 14.5. The van der Waals surface area contributed by atoms with Crippen molar-refractivity contribution in [2.24, 2.45) is 0 Å². The molecular weight excluding hydrogens is 964 g/mol. The molecule has 0 aliphatic rings. The van der Waals surface area contributed by atoms with Gasteiger partial charge in [-0.05, 0) is 70.3 Å². The first kappa shape index (κ1) is 74.0. The van der Waals surface area contributed by atoms with E-state index in [0.717, 1.165) is 77.0 Å². The Kier molecular flexibility index (Phi) is 54.7. The topological polar surface area (TPSA) is 114 Å². The van der Waals surface area contributed by atoms with E-state index in [0.29, 0.717) is 17.4 Å². The smallest absolute Gasteiger partial charge is 0.306 e. The van der Waals surface area contributed by atoms with Gasteiger partial charge in [0.15, 0.2) is 0 Å². The first-order valence-electron chi connectivity index (χ1n) is 32.4. The maximum Gasteiger partial charge on any atom is 0.306 e. The van der Waals surface area contributed by atoms with Crippen molar-refractivity contribution in [1.82, 2.24) is 5.32 Å². The highest BCUT2D eigenvalue weighted by molar-refractivity contribution is 7.45. The van der Waals surface area contributed by atoms with Crippen molar-refractivity contribution in [2.45, 2.75) is 322 Å². The molecule has 9 nitrogen and oxygen atoms in total. The first-order chi connectivity index (χ1) is 36.9. The molecule has 76 heavy (non-hydrogen) atoms. The molecule has 0 spiro atoms. The van der Waals surface area contributed by atoms with Crippen LogP contribution in [0.2, 0.25) is 0 Å². The highest BCUT2D eigenvalue weighted by Crippen LogP contribution is 2.38. The molecule has 0 saturated carbocycles. The highest BCUT2D eigenvalue weighted by atomic mass is 31.2. The summed E-state index contributed by atoms with van der Waals surface area (Å²) in [4.78, 5) is 40.0. The number of nitrogens with zero attached hydrogens (tertiary/aromatic N) is 1. The molecule has 0 aliphatic carbocycles. The number of allylic oxidation sites excluding steroid dienone is 7. The van der Waals surface area contributed by atoms with E-state index in [2.05, 4.69) is 62.5 Å². The second-order valence-corrected chi connectivity index (χ2v) is 24.7. The lowest BCUT2D eigenvalue weighted by Crippen LogP contribution is -2.47. The number of rotatable bonds is 59. The third-order valence-corrected chi connectivity index (χ3v) is 15.5. The van der Waals surface area contributed by atoms with Crippen molar-refractivity contribution in [3.63, 3.8) is 0 Å². The van der Waals surface area contributed by atoms with Gasteiger partial charge in [-0.15, -0.1) is 0 Å². The molecule has 0 saturated heterocycles. The number of nitrogens with one attached hydrogen (secondary N) is 1. The summed E-state index contributed by atoms with van der Waals surface area (Å²) in [6.45, 7) is 6.85. The molecule has 0 radical (unpaired) electrons. The standard InChI is InChI=1S/C66H125N2O7P/c1-7-10-13-16-19-22-25-28-30-31-32-33-34-35-36-37-38-40-43-46-49-52-55-58-65(69)67-63(62-74-76(71,72)73-61-60-68(4,5)6)64(57-54-51-48-45-42-39-27-24-21-18-15-12-9-3)75-66(70)59-56-53-50-47-44-41-29-26-23-20-17-14-11-8-2/h19,22,28,30,32-33,54,57,63-64H,7-18,20-21,23-27,29,31,34-53,55-56,58-62H2,1-6H3,(H-,67,69,71,72)/b22-19-,30-28-,33-32-,57-54-. The van der Waals surface area contributed by atoms with Crippen LogP contribution in [0.15, 0.2) is 48.6 Å². The maximum absolute atomic E-state index is 13.6. The lowest BCUT2D eigenvalue weighted by Gasteiger charge is -2.30. The largest absolute Gasteiger partial charge is 0.756 e. The molecule has 1 N–H and O–H groups in total. The number of esters is 1. The Morgan fingerprint density at radius 1 is 0.461 bits per heavy atom. The Morgan fingerprint density at radius 2 is 0.803 bits per heavy atom. The number of carbonyl (C=O) groups excluding carboxylic acids is 2. The van der Waals surface area contributed by atoms with Crippen LogP contribution in [0.1, 0.15) is 310 Å². The van der Waals surface area contributed by atoms with Gasteiger partial charge in [-0.3, -0.25) is 14.2 Å². The fourth-order valence-electron chi connectivity index (χ4n) is 9.47. The predicted molar refractivity (Wildman–Crippen MR) is 326 cm³/mol. The Balaban J connectivity index is 5.17. The summed E-state index contributed by atoms with van der Waals surface area (Å²) >= 11 is 0. The van der Waals surface area contributed by atoms with Crippen molar-refractivity contribution < 1.29 is 37.3 Å². The van der Waals surface area contributed by atoms with Crippen LogP contribution in [0.4, 0.5) is 0 Å². The summed E-state index contributed by atoms with van der Waals surface area (Å²) in [5.74, 6) is -0.533. The summed E-state index contributed by atoms with van der Waals surface area (Å²) in [6, 6.07) is -0.888. The fourth-order valence-corrected chi connectivity index (χ4v) is 10.2. The normalized spacial score (nSPS) is 13.9. The number of likely N-dealkylation sites (N-methyl/N-ethyl adjacent to an activating group) is 1. The van der Waals surface area contributed by atoms with Crippen LogP contribution >= 0.6 is 7.82 Å². The van der Waals surface area contributed by atoms with Crippen LogP contribution in [0.3, 0.4) is 0 Å². The fraction of sp³-hybridized carbons (Fsp3) is 0.848. The second kappa shape index (κ2) is 56.3. The van der Waals surface area contributed by atoms with Crippen LogP contribution in [0.5, 0.6) is 0 Å². The quantitative estimate of drug-likeness (QED) is 0.0212. The highest BCUT2D eigenvalue weighted by Gasteiger charge is 2.27. The van der Waals surface area contributed by atoms with Crippen LogP contribution in [-0.2, 0) is 27.9 Å². The number of carbonyl (C=O) groups is 2. The number of amides is 1. The number of hydrogen-bond donors (Lipinski definition) is 1. The van der Waals surface area contributed by atoms with E-state index in [1.54, 1.807) is 0 Å². The van der Waals surface area contributed by atoms with E-state index in [4.69, 9.17) is 13.8 Å². The van der Waals surface area contributed by atoms with Crippen LogP contribution in [0.25, 0.3) is 0 Å². The van der Waals surface area contributed by atoms with Gasteiger partial charge >= 0.3 is 5.97 Å². The van der Waals surface area contributed by atoms with Crippen LogP contribution in [0, 0.1) is 0 Å². The van der Waals surface area contributed by atoms with Crippen molar-refractivity contribution >= 4 is 19.7 Å². The molecule has 0 rings (SSSR count). The Hall–Kier alpha value is -2.03. The molecule has 3 atom stereocenters. The minimum absolute atomic E-state index is 0.0217. The minimum Gasteiger partial charge on any atom is -0.756 e. The number of unbranched alkanes of at least 4 members (excludes halogenated alkanes) is 37. The van der Waals surface area contributed by atoms with Crippen LogP contribution in [-0.4, -0.2) is 69.4 Å². The van der Waals surface area contributed by atoms with Gasteiger partial charge in [0.05, 0.1) is 33.8 Å². The number of ether oxygens (including phenoxy) is 1. The molecule has 1 amide bonds. The van der Waals surface area contributed by atoms with Gasteiger partial charge in [0.1, 0.15) is 19.3 Å². The van der Waals surface area contributed by atoms with Gasteiger partial charge in [0.2, 0.25) is 5.91 Å². The van der Waals surface area contributed by atoms with Crippen molar-refractivity contribution in [3.05, 3.63) is 48.6 Å². The van der Waals surface area contributed by atoms with Gasteiger partial charge in [-0.2, -0.15) is 0 Å². The second-order valence-electron chi connectivity index (χ2n) is 23.3. The number of hydrogen-bond acceptors (Lipinski definition) is 7. The monoisotopic (exact) mass is 1090 g/mol. The summed E-state index contributed by atoms with van der Waals surface area (Å²) in [7, 11) is 1.19. The number of quaternary nitrogens is 1. The molecule has 0 fully saturated rings. The lowest BCUT2D eigenvalue weighted by molar-refractivity contribution is -0.870. The molecule has 0 aromatic carbocycles. The van der Waals surface area contributed by atoms with Crippen LogP contribution < -0.4 is 10.2 Å². The lowest BCUT2D eigenvalue weighted by atomic mass is 10.0. The van der Waals surface area contributed by atoms with E-state index >= 15 is 0 Å². The first-order valence-corrected chi connectivity index (χ1v) is 33.9.